The maximum Gasteiger partial charge on any atom is 0.294 e. The van der Waals surface area contributed by atoms with E-state index in [0.29, 0.717) is 0 Å². The van der Waals surface area contributed by atoms with Gasteiger partial charge in [-0.1, -0.05) is 24.3 Å². The first-order valence-electron chi connectivity index (χ1n) is 5.99. The highest BCUT2D eigenvalue weighted by atomic mass is 32.2. The lowest BCUT2D eigenvalue weighted by Crippen LogP contribution is -2.11. The van der Waals surface area contributed by atoms with Crippen molar-refractivity contribution in [2.45, 2.75) is 38.7 Å². The molecule has 0 fully saturated rings. The fourth-order valence-corrected chi connectivity index (χ4v) is 2.20. The van der Waals surface area contributed by atoms with Gasteiger partial charge in [-0.15, -0.1) is 0 Å². The molecular formula is C13H20O6S2. The molecule has 0 spiro atoms. The lowest BCUT2D eigenvalue weighted by atomic mass is 10.2. The molecule has 0 saturated heterocycles. The molecule has 1 rings (SSSR count). The molecule has 0 atom stereocenters. The number of allylic oxidation sites excluding steroid dienone is 1. The van der Waals surface area contributed by atoms with Gasteiger partial charge in [0.25, 0.3) is 20.2 Å². The quantitative estimate of drug-likeness (QED) is 0.670. The Morgan fingerprint density at radius 1 is 1.14 bits per heavy atom. The van der Waals surface area contributed by atoms with Gasteiger partial charge in [-0.05, 0) is 39.8 Å². The Kier molecular flexibility index (Phi) is 7.25. The number of hydrogen-bond donors (Lipinski definition) is 1. The largest absolute Gasteiger partial charge is 0.294 e. The van der Waals surface area contributed by atoms with Crippen LogP contribution in [0.15, 0.2) is 40.6 Å². The van der Waals surface area contributed by atoms with Crippen molar-refractivity contribution in [2.24, 2.45) is 0 Å². The molecule has 0 amide bonds. The van der Waals surface area contributed by atoms with Crippen LogP contribution in [-0.2, 0) is 24.4 Å². The molecule has 0 unspecified atom stereocenters. The van der Waals surface area contributed by atoms with Gasteiger partial charge in [-0.3, -0.25) is 8.74 Å². The van der Waals surface area contributed by atoms with Gasteiger partial charge in [0, 0.05) is 0 Å². The molecule has 0 radical (unpaired) electrons. The van der Waals surface area contributed by atoms with Crippen LogP contribution < -0.4 is 0 Å². The highest BCUT2D eigenvalue weighted by Crippen LogP contribution is 2.08. The molecule has 0 bridgehead atoms. The Hall–Kier alpha value is -1.22. The first-order valence-corrected chi connectivity index (χ1v) is 8.84. The third-order valence-corrected chi connectivity index (χ3v) is 4.42. The van der Waals surface area contributed by atoms with Crippen molar-refractivity contribution in [3.63, 3.8) is 0 Å². The summed E-state index contributed by atoms with van der Waals surface area (Å²) < 4.78 is 55.8. The molecule has 0 saturated carbocycles. The zero-order valence-corrected chi connectivity index (χ0v) is 14.0. The number of aryl methyl sites for hydroxylation is 1. The molecule has 8 heteroatoms. The summed E-state index contributed by atoms with van der Waals surface area (Å²) in [7, 11) is -7.51. The van der Waals surface area contributed by atoms with E-state index in [-0.39, 0.29) is 15.9 Å². The van der Waals surface area contributed by atoms with E-state index >= 15 is 0 Å². The molecule has 1 aromatic carbocycles. The fraction of sp³-hybridized carbons (Fsp3) is 0.385. The van der Waals surface area contributed by atoms with Crippen LogP contribution >= 0.6 is 0 Å². The standard InChI is InChI=1S/C7H8O3S.C6H12O3S/c1-6-2-4-7(5-3-6)11(8,9)10;1-5(2)9-10(7,8)6(3)4/h2-5H,1H3,(H,8,9,10);5H,3H2,1-2,4H3. The van der Waals surface area contributed by atoms with Crippen molar-refractivity contribution < 1.29 is 25.6 Å². The van der Waals surface area contributed by atoms with Crippen LogP contribution in [0.4, 0.5) is 0 Å². The van der Waals surface area contributed by atoms with Crippen molar-refractivity contribution in [1.82, 2.24) is 0 Å². The van der Waals surface area contributed by atoms with E-state index in [2.05, 4.69) is 10.8 Å². The third kappa shape index (κ3) is 7.96. The molecule has 6 nitrogen and oxygen atoms in total. The second-order valence-corrected chi connectivity index (χ2v) is 7.81. The molecule has 120 valence electrons. The van der Waals surface area contributed by atoms with Gasteiger partial charge in [0.05, 0.1) is 15.9 Å². The number of hydrogen-bond acceptors (Lipinski definition) is 5. The summed E-state index contributed by atoms with van der Waals surface area (Å²) in [4.78, 5) is -0.0238. The molecule has 0 heterocycles. The summed E-state index contributed by atoms with van der Waals surface area (Å²) in [6.45, 7) is 9.81. The molecule has 1 aromatic rings. The average molecular weight is 336 g/mol. The first-order chi connectivity index (χ1) is 9.36. The lowest BCUT2D eigenvalue weighted by molar-refractivity contribution is 0.252. The normalized spacial score (nSPS) is 11.7. The van der Waals surface area contributed by atoms with E-state index in [9.17, 15) is 16.8 Å². The fourth-order valence-electron chi connectivity index (χ4n) is 1.05. The zero-order valence-electron chi connectivity index (χ0n) is 12.4. The topological polar surface area (TPSA) is 97.7 Å². The minimum Gasteiger partial charge on any atom is -0.282 e. The maximum absolute atomic E-state index is 10.8. The highest BCUT2D eigenvalue weighted by Gasteiger charge is 2.13. The Bertz CT molecular complexity index is 670. The van der Waals surface area contributed by atoms with Gasteiger partial charge in [0.1, 0.15) is 0 Å². The van der Waals surface area contributed by atoms with Gasteiger partial charge >= 0.3 is 0 Å². The van der Waals surface area contributed by atoms with Crippen molar-refractivity contribution in [1.29, 1.82) is 0 Å². The lowest BCUT2D eigenvalue weighted by Gasteiger charge is -2.06. The highest BCUT2D eigenvalue weighted by molar-refractivity contribution is 7.90. The Morgan fingerprint density at radius 2 is 1.57 bits per heavy atom. The van der Waals surface area contributed by atoms with Gasteiger partial charge < -0.3 is 0 Å². The molecule has 21 heavy (non-hydrogen) atoms. The summed E-state index contributed by atoms with van der Waals surface area (Å²) in [5.74, 6) is 0. The monoisotopic (exact) mass is 336 g/mol. The van der Waals surface area contributed by atoms with E-state index in [1.807, 2.05) is 6.92 Å². The van der Waals surface area contributed by atoms with Crippen molar-refractivity contribution in [3.8, 4) is 0 Å². The summed E-state index contributed by atoms with van der Waals surface area (Å²) >= 11 is 0. The predicted octanol–water partition coefficient (Wildman–Crippen LogP) is 2.52. The van der Waals surface area contributed by atoms with Crippen molar-refractivity contribution in [2.75, 3.05) is 0 Å². The predicted molar refractivity (Wildman–Crippen MR) is 80.9 cm³/mol. The van der Waals surface area contributed by atoms with E-state index in [1.165, 1.54) is 19.1 Å². The van der Waals surface area contributed by atoms with Gasteiger partial charge in [0.2, 0.25) is 0 Å². The van der Waals surface area contributed by atoms with Crippen LogP contribution in [0.2, 0.25) is 0 Å². The average Bonchev–Trinajstić information content (AvgIpc) is 2.27. The van der Waals surface area contributed by atoms with Crippen LogP contribution in [0, 0.1) is 6.92 Å². The SMILES string of the molecule is C=C(C)S(=O)(=O)OC(C)C.Cc1ccc(S(=O)(=O)O)cc1. The molecule has 1 N–H and O–H groups in total. The van der Waals surface area contributed by atoms with Crippen molar-refractivity contribution in [3.05, 3.63) is 41.3 Å². The van der Waals surface area contributed by atoms with Crippen LogP contribution in [0.25, 0.3) is 0 Å². The molecular weight excluding hydrogens is 316 g/mol. The van der Waals surface area contributed by atoms with Gasteiger partial charge in [0.15, 0.2) is 0 Å². The van der Waals surface area contributed by atoms with Gasteiger partial charge in [-0.25, -0.2) is 0 Å². The van der Waals surface area contributed by atoms with Crippen LogP contribution in [0.5, 0.6) is 0 Å². The van der Waals surface area contributed by atoms with Gasteiger partial charge in [-0.2, -0.15) is 16.8 Å². The molecule has 0 aliphatic heterocycles. The van der Waals surface area contributed by atoms with Crippen molar-refractivity contribution >= 4 is 20.2 Å². The minimum atomic E-state index is -4.02. The smallest absolute Gasteiger partial charge is 0.282 e. The summed E-state index contributed by atoms with van der Waals surface area (Å²) in [5, 5.41) is 0. The van der Waals surface area contributed by atoms with E-state index in [0.717, 1.165) is 5.56 Å². The summed E-state index contributed by atoms with van der Waals surface area (Å²) in [5.41, 5.74) is 0.956. The van der Waals surface area contributed by atoms with Crippen LogP contribution in [-0.4, -0.2) is 27.5 Å². The summed E-state index contributed by atoms with van der Waals surface area (Å²) in [6, 6.07) is 5.99. The second-order valence-electron chi connectivity index (χ2n) is 4.59. The van der Waals surface area contributed by atoms with E-state index in [1.54, 1.807) is 26.0 Å². The Balaban J connectivity index is 0.000000384. The molecule has 0 aromatic heterocycles. The number of benzene rings is 1. The molecule has 0 aliphatic rings. The first kappa shape index (κ1) is 19.8. The summed E-state index contributed by atoms with van der Waals surface area (Å²) in [6.07, 6.45) is -0.318. The second kappa shape index (κ2) is 7.69. The zero-order chi connectivity index (χ0) is 16.8. The van der Waals surface area contributed by atoms with Crippen LogP contribution in [0.3, 0.4) is 0 Å². The number of rotatable bonds is 4. The third-order valence-electron chi connectivity index (χ3n) is 2.06. The van der Waals surface area contributed by atoms with E-state index < -0.39 is 20.2 Å². The molecule has 0 aliphatic carbocycles. The Labute approximate surface area is 126 Å². The maximum atomic E-state index is 10.8. The van der Waals surface area contributed by atoms with E-state index in [4.69, 9.17) is 4.55 Å². The Morgan fingerprint density at radius 3 is 1.81 bits per heavy atom. The van der Waals surface area contributed by atoms with Crippen LogP contribution in [0.1, 0.15) is 26.3 Å². The minimum absolute atomic E-state index is 0.0428.